The van der Waals surface area contributed by atoms with Crippen LogP contribution >= 0.6 is 11.6 Å². The summed E-state index contributed by atoms with van der Waals surface area (Å²) < 4.78 is 0. The molecule has 1 heterocycles. The maximum atomic E-state index is 6.27. The zero-order valence-corrected chi connectivity index (χ0v) is 10.5. The molecule has 0 aliphatic heterocycles. The molecule has 2 aromatic rings. The van der Waals surface area contributed by atoms with Crippen molar-refractivity contribution in [1.82, 2.24) is 10.3 Å². The van der Waals surface area contributed by atoms with Gasteiger partial charge in [0.25, 0.3) is 0 Å². The molecular formula is C14H15ClN2. The molecule has 2 nitrogen and oxygen atoms in total. The van der Waals surface area contributed by atoms with E-state index in [2.05, 4.69) is 29.4 Å². The van der Waals surface area contributed by atoms with Gasteiger partial charge in [-0.15, -0.1) is 0 Å². The van der Waals surface area contributed by atoms with Crippen molar-refractivity contribution in [3.8, 4) is 0 Å². The van der Waals surface area contributed by atoms with Gasteiger partial charge in [-0.3, -0.25) is 4.98 Å². The predicted octanol–water partition coefficient (Wildman–Crippen LogP) is 3.70. The first-order valence-electron chi connectivity index (χ1n) is 6.04. The lowest BCUT2D eigenvalue weighted by atomic mass is 10.1. The molecule has 17 heavy (non-hydrogen) atoms. The number of nitrogens with zero attached hydrogens (tertiary/aromatic N) is 1. The first-order chi connectivity index (χ1) is 8.24. The smallest absolute Gasteiger partial charge is 0.0888 e. The highest BCUT2D eigenvalue weighted by atomic mass is 35.5. The third kappa shape index (κ3) is 2.28. The van der Waals surface area contributed by atoms with Gasteiger partial charge in [-0.25, -0.2) is 0 Å². The molecule has 1 aliphatic rings. The second kappa shape index (κ2) is 4.28. The van der Waals surface area contributed by atoms with Gasteiger partial charge in [-0.05, 0) is 43.5 Å². The van der Waals surface area contributed by atoms with Crippen LogP contribution in [-0.2, 0) is 0 Å². The minimum Gasteiger partial charge on any atom is -0.307 e. The van der Waals surface area contributed by atoms with Crippen LogP contribution in [0.15, 0.2) is 30.5 Å². The van der Waals surface area contributed by atoms with Crippen LogP contribution < -0.4 is 5.32 Å². The quantitative estimate of drug-likeness (QED) is 0.893. The molecule has 0 radical (unpaired) electrons. The Balaban J connectivity index is 1.98. The fraction of sp³-hybridized carbons (Fsp3) is 0.357. The Morgan fingerprint density at radius 3 is 3.00 bits per heavy atom. The number of hydrogen-bond donors (Lipinski definition) is 1. The van der Waals surface area contributed by atoms with E-state index in [0.29, 0.717) is 12.1 Å². The third-order valence-electron chi connectivity index (χ3n) is 3.24. The zero-order chi connectivity index (χ0) is 11.8. The van der Waals surface area contributed by atoms with E-state index in [4.69, 9.17) is 11.6 Å². The summed E-state index contributed by atoms with van der Waals surface area (Å²) in [6, 6.07) is 9.26. The predicted molar refractivity (Wildman–Crippen MR) is 71.3 cm³/mol. The average Bonchev–Trinajstić information content (AvgIpc) is 3.13. The number of pyridine rings is 1. The molecule has 0 spiro atoms. The summed E-state index contributed by atoms with van der Waals surface area (Å²) in [5.41, 5.74) is 2.12. The molecule has 1 N–H and O–H groups in total. The molecule has 0 amide bonds. The molecule has 3 rings (SSSR count). The average molecular weight is 247 g/mol. The normalized spacial score (nSPS) is 17.3. The first kappa shape index (κ1) is 11.0. The number of benzene rings is 1. The highest BCUT2D eigenvalue weighted by Gasteiger charge is 2.23. The van der Waals surface area contributed by atoms with E-state index < -0.39 is 0 Å². The molecule has 1 aromatic carbocycles. The van der Waals surface area contributed by atoms with E-state index in [1.54, 1.807) is 6.20 Å². The van der Waals surface area contributed by atoms with E-state index in [-0.39, 0.29) is 0 Å². The van der Waals surface area contributed by atoms with Crippen molar-refractivity contribution in [1.29, 1.82) is 0 Å². The summed E-state index contributed by atoms with van der Waals surface area (Å²) in [5.74, 6) is 0. The molecule has 1 unspecified atom stereocenters. The van der Waals surface area contributed by atoms with Crippen molar-refractivity contribution in [2.45, 2.75) is 31.8 Å². The SMILES string of the molecule is CC(NC1CC1)c1cc(Cl)c2ncccc2c1. The van der Waals surface area contributed by atoms with Crippen LogP contribution in [0.3, 0.4) is 0 Å². The van der Waals surface area contributed by atoms with Crippen LogP contribution in [0.5, 0.6) is 0 Å². The fourth-order valence-electron chi connectivity index (χ4n) is 2.12. The lowest BCUT2D eigenvalue weighted by Crippen LogP contribution is -2.20. The topological polar surface area (TPSA) is 24.9 Å². The lowest BCUT2D eigenvalue weighted by molar-refractivity contribution is 0.571. The maximum absolute atomic E-state index is 6.27. The fourth-order valence-corrected chi connectivity index (χ4v) is 2.40. The van der Waals surface area contributed by atoms with Crippen molar-refractivity contribution in [3.05, 3.63) is 41.0 Å². The summed E-state index contributed by atoms with van der Waals surface area (Å²) in [4.78, 5) is 4.30. The van der Waals surface area contributed by atoms with Crippen LogP contribution in [0.4, 0.5) is 0 Å². The first-order valence-corrected chi connectivity index (χ1v) is 6.42. The molecule has 1 saturated carbocycles. The van der Waals surface area contributed by atoms with Crippen molar-refractivity contribution >= 4 is 22.5 Å². The summed E-state index contributed by atoms with van der Waals surface area (Å²) in [7, 11) is 0. The van der Waals surface area contributed by atoms with Crippen LogP contribution in [0, 0.1) is 0 Å². The van der Waals surface area contributed by atoms with E-state index in [1.165, 1.54) is 18.4 Å². The van der Waals surface area contributed by atoms with Gasteiger partial charge in [0, 0.05) is 23.7 Å². The minimum absolute atomic E-state index is 0.351. The molecule has 88 valence electrons. The molecule has 1 fully saturated rings. The Kier molecular flexibility index (Phi) is 2.77. The Morgan fingerprint density at radius 1 is 1.41 bits per heavy atom. The Hall–Kier alpha value is -1.12. The van der Waals surface area contributed by atoms with E-state index in [9.17, 15) is 0 Å². The van der Waals surface area contributed by atoms with Crippen molar-refractivity contribution < 1.29 is 0 Å². The number of halogens is 1. The van der Waals surface area contributed by atoms with Crippen LogP contribution in [0.25, 0.3) is 10.9 Å². The van der Waals surface area contributed by atoms with Gasteiger partial charge in [-0.2, -0.15) is 0 Å². The summed E-state index contributed by atoms with van der Waals surface area (Å²) in [6.45, 7) is 2.19. The molecule has 1 aromatic heterocycles. The standard InChI is InChI=1S/C14H15ClN2/c1-9(17-12-4-5-12)11-7-10-3-2-6-16-14(10)13(15)8-11/h2-3,6-9,12,17H,4-5H2,1H3. The van der Waals surface area contributed by atoms with Crippen LogP contribution in [0.2, 0.25) is 5.02 Å². The second-order valence-electron chi connectivity index (χ2n) is 4.74. The molecular weight excluding hydrogens is 232 g/mol. The molecule has 0 saturated heterocycles. The van der Waals surface area contributed by atoms with E-state index >= 15 is 0 Å². The second-order valence-corrected chi connectivity index (χ2v) is 5.15. The van der Waals surface area contributed by atoms with Crippen molar-refractivity contribution in [2.75, 3.05) is 0 Å². The monoisotopic (exact) mass is 246 g/mol. The number of aromatic nitrogens is 1. The lowest BCUT2D eigenvalue weighted by Gasteiger charge is -2.15. The van der Waals surface area contributed by atoms with Gasteiger partial charge in [0.15, 0.2) is 0 Å². The number of hydrogen-bond acceptors (Lipinski definition) is 2. The Labute approximate surface area is 106 Å². The molecule has 3 heteroatoms. The summed E-state index contributed by atoms with van der Waals surface area (Å²) >= 11 is 6.27. The van der Waals surface area contributed by atoms with Crippen LogP contribution in [0.1, 0.15) is 31.4 Å². The Morgan fingerprint density at radius 2 is 2.24 bits per heavy atom. The molecule has 1 atom stereocenters. The summed E-state index contributed by atoms with van der Waals surface area (Å²) in [5, 5.41) is 5.43. The highest BCUT2D eigenvalue weighted by Crippen LogP contribution is 2.29. The van der Waals surface area contributed by atoms with Crippen molar-refractivity contribution in [2.24, 2.45) is 0 Å². The van der Waals surface area contributed by atoms with Gasteiger partial charge >= 0.3 is 0 Å². The van der Waals surface area contributed by atoms with Crippen LogP contribution in [-0.4, -0.2) is 11.0 Å². The minimum atomic E-state index is 0.351. The molecule has 0 bridgehead atoms. The zero-order valence-electron chi connectivity index (χ0n) is 9.78. The van der Waals surface area contributed by atoms with Gasteiger partial charge in [0.1, 0.15) is 0 Å². The third-order valence-corrected chi connectivity index (χ3v) is 3.53. The number of nitrogens with one attached hydrogen (secondary N) is 1. The number of fused-ring (bicyclic) bond motifs is 1. The summed E-state index contributed by atoms with van der Waals surface area (Å²) in [6.07, 6.45) is 4.38. The van der Waals surface area contributed by atoms with Gasteiger partial charge < -0.3 is 5.32 Å². The largest absolute Gasteiger partial charge is 0.307 e. The molecule has 1 aliphatic carbocycles. The van der Waals surface area contributed by atoms with Gasteiger partial charge in [0.05, 0.1) is 10.5 Å². The van der Waals surface area contributed by atoms with Crippen molar-refractivity contribution in [3.63, 3.8) is 0 Å². The maximum Gasteiger partial charge on any atom is 0.0888 e. The highest BCUT2D eigenvalue weighted by molar-refractivity contribution is 6.35. The van der Waals surface area contributed by atoms with Gasteiger partial charge in [-0.1, -0.05) is 17.7 Å². The van der Waals surface area contributed by atoms with E-state index in [1.807, 2.05) is 12.1 Å². The Bertz CT molecular complexity index is 549. The van der Waals surface area contributed by atoms with Gasteiger partial charge in [0.2, 0.25) is 0 Å². The van der Waals surface area contributed by atoms with E-state index in [0.717, 1.165) is 15.9 Å². The number of rotatable bonds is 3.